The monoisotopic (exact) mass is 1030 g/mol. The van der Waals surface area contributed by atoms with E-state index in [2.05, 4.69) is 5.32 Å². The van der Waals surface area contributed by atoms with E-state index in [1.165, 1.54) is 19.1 Å². The Kier molecular flexibility index (Phi) is 16.0. The minimum Gasteiger partial charge on any atom is -0.456 e. The molecule has 3 fully saturated rings. The van der Waals surface area contributed by atoms with Crippen molar-refractivity contribution in [2.24, 2.45) is 16.7 Å². The standard InChI is InChI=1S/C56H67NO17/c1-12-66-34(5)69-44(42(35-22-16-13-17-23-35)57-48(61)36-24-18-14-19-25-36)50(63)70-38-29-56(65)47(72-49(62)37-26-20-15-21-27-37)45-54(11,46(60)43(68-32(3)58)41(31(38)2)53(56,9)10)39(71-51(64)74-52(6,7)8)28-40-55(45,30-67-40)73-33(4)59/h13-27,34,38-40,42-45,47,65H,12,28-30H2,1-11H3,(H,57,61)/t34?,38-,39-,40+,42-,43+,44+,45-,47-,54+,55-,56+/m0/s1. The Morgan fingerprint density at radius 3 is 1.96 bits per heavy atom. The van der Waals surface area contributed by atoms with E-state index in [0.717, 1.165) is 13.8 Å². The molecule has 2 bridgehead atoms. The van der Waals surface area contributed by atoms with Crippen LogP contribution >= 0.6 is 0 Å². The molecule has 3 aliphatic carbocycles. The SMILES string of the molecule is CCOC(C)O[C@@H](C(=O)O[C@H]1C[C@@]2(O)[C@@H](OC(=O)c3ccccc3)[C@@H]3[C@]4(OC(C)=O)CO[C@@H]4C[C@H](OC(=O)OC(C)(C)C)[C@@]3(C)C(=O)[C@H](OC(C)=O)C(=C1C)C2(C)C)[C@@H](NC(=O)c1ccccc1)c1ccccc1. The van der Waals surface area contributed by atoms with Gasteiger partial charge in [-0.25, -0.2) is 14.4 Å². The molecule has 12 atom stereocenters. The predicted octanol–water partition coefficient (Wildman–Crippen LogP) is 7.10. The van der Waals surface area contributed by atoms with Crippen LogP contribution in [0.3, 0.4) is 0 Å². The Balaban J connectivity index is 1.46. The molecule has 1 heterocycles. The van der Waals surface area contributed by atoms with Crippen molar-refractivity contribution >= 4 is 41.7 Å². The quantitative estimate of drug-likeness (QED) is 0.0668. The van der Waals surface area contributed by atoms with Crippen molar-refractivity contribution in [3.05, 3.63) is 119 Å². The first kappa shape index (κ1) is 55.3. The smallest absolute Gasteiger partial charge is 0.456 e. The number of carbonyl (C=O) groups is 7. The van der Waals surface area contributed by atoms with Gasteiger partial charge in [-0.1, -0.05) is 80.6 Å². The zero-order valence-electron chi connectivity index (χ0n) is 43.7. The molecule has 398 valence electrons. The second-order valence-corrected chi connectivity index (χ2v) is 21.0. The van der Waals surface area contributed by atoms with Crippen LogP contribution in [0.2, 0.25) is 0 Å². The van der Waals surface area contributed by atoms with Gasteiger partial charge in [0.2, 0.25) is 0 Å². The summed E-state index contributed by atoms with van der Waals surface area (Å²) in [5, 5.41) is 17.1. The Hall–Kier alpha value is -6.47. The molecule has 18 nitrogen and oxygen atoms in total. The van der Waals surface area contributed by atoms with Crippen LogP contribution in [0.4, 0.5) is 4.79 Å². The van der Waals surface area contributed by atoms with Gasteiger partial charge in [0.25, 0.3) is 5.91 Å². The maximum absolute atomic E-state index is 16.3. The summed E-state index contributed by atoms with van der Waals surface area (Å²) in [6.45, 7) is 16.3. The van der Waals surface area contributed by atoms with E-state index in [1.807, 2.05) is 0 Å². The van der Waals surface area contributed by atoms with Crippen molar-refractivity contribution in [2.75, 3.05) is 13.2 Å². The lowest BCUT2D eigenvalue weighted by Gasteiger charge is -2.67. The molecule has 18 heteroatoms. The molecule has 74 heavy (non-hydrogen) atoms. The summed E-state index contributed by atoms with van der Waals surface area (Å²) in [6.07, 6.45) is -12.7. The average Bonchev–Trinajstić information content (AvgIpc) is 3.33. The predicted molar refractivity (Wildman–Crippen MR) is 263 cm³/mol. The maximum atomic E-state index is 16.3. The Labute approximate surface area is 430 Å². The van der Waals surface area contributed by atoms with Crippen LogP contribution in [0, 0.1) is 16.7 Å². The molecule has 1 aliphatic heterocycles. The number of Topliss-reactive ketones (excluding diaryl/α,β-unsaturated/α-hetero) is 1. The van der Waals surface area contributed by atoms with E-state index >= 15 is 9.59 Å². The van der Waals surface area contributed by atoms with Crippen molar-refractivity contribution in [2.45, 2.75) is 155 Å². The number of nitrogens with one attached hydrogen (secondary N) is 1. The van der Waals surface area contributed by atoms with Gasteiger partial charge in [0, 0.05) is 44.3 Å². The minimum absolute atomic E-state index is 0.0219. The zero-order valence-corrected chi connectivity index (χ0v) is 43.7. The number of ketones is 1. The molecule has 0 spiro atoms. The first-order valence-electron chi connectivity index (χ1n) is 24.8. The number of fused-ring (bicyclic) bond motifs is 5. The molecule has 7 rings (SSSR count). The van der Waals surface area contributed by atoms with Crippen molar-refractivity contribution in [3.8, 4) is 0 Å². The van der Waals surface area contributed by atoms with Crippen molar-refractivity contribution < 1.29 is 81.3 Å². The van der Waals surface area contributed by atoms with Crippen LogP contribution in [0.1, 0.15) is 121 Å². The van der Waals surface area contributed by atoms with Crippen molar-refractivity contribution in [1.29, 1.82) is 0 Å². The van der Waals surface area contributed by atoms with Gasteiger partial charge in [0.1, 0.15) is 35.6 Å². The first-order valence-corrected chi connectivity index (χ1v) is 24.8. The molecule has 0 aromatic heterocycles. The van der Waals surface area contributed by atoms with Gasteiger partial charge >= 0.3 is 30.0 Å². The minimum atomic E-state index is -2.47. The molecule has 3 aromatic carbocycles. The van der Waals surface area contributed by atoms with Crippen LogP contribution in [-0.2, 0) is 61.8 Å². The maximum Gasteiger partial charge on any atom is 0.509 e. The van der Waals surface area contributed by atoms with Gasteiger partial charge in [0.15, 0.2) is 29.9 Å². The highest BCUT2D eigenvalue weighted by Crippen LogP contribution is 2.65. The van der Waals surface area contributed by atoms with E-state index in [-0.39, 0.29) is 41.9 Å². The van der Waals surface area contributed by atoms with Gasteiger partial charge in [0.05, 0.1) is 29.5 Å². The summed E-state index contributed by atoms with van der Waals surface area (Å²) in [5.74, 6) is -6.84. The number of ether oxygens (including phenoxy) is 9. The summed E-state index contributed by atoms with van der Waals surface area (Å²) in [7, 11) is 0. The number of rotatable bonds is 15. The highest BCUT2D eigenvalue weighted by molar-refractivity contribution is 5.96. The lowest BCUT2D eigenvalue weighted by atomic mass is 9.44. The fourth-order valence-electron chi connectivity index (χ4n) is 11.3. The first-order chi connectivity index (χ1) is 34.8. The van der Waals surface area contributed by atoms with E-state index in [4.69, 9.17) is 42.6 Å². The molecule has 0 radical (unpaired) electrons. The van der Waals surface area contributed by atoms with Gasteiger partial charge in [-0.15, -0.1) is 0 Å². The molecule has 1 unspecified atom stereocenters. The van der Waals surface area contributed by atoms with E-state index in [0.29, 0.717) is 5.56 Å². The molecule has 1 saturated heterocycles. The normalized spacial score (nSPS) is 29.2. The molecule has 4 aliphatic rings. The molecule has 2 N–H and O–H groups in total. The van der Waals surface area contributed by atoms with Crippen LogP contribution in [-0.4, -0.2) is 120 Å². The second-order valence-electron chi connectivity index (χ2n) is 21.0. The van der Waals surface area contributed by atoms with Gasteiger partial charge in [-0.05, 0) is 89.4 Å². The molecular formula is C56H67NO17. The summed E-state index contributed by atoms with van der Waals surface area (Å²) >= 11 is 0. The Bertz CT molecular complexity index is 2630. The number of esters is 4. The highest BCUT2D eigenvalue weighted by Gasteiger charge is 2.79. The molecular weight excluding hydrogens is 959 g/mol. The summed E-state index contributed by atoms with van der Waals surface area (Å²) in [5.41, 5.74) is -8.39. The van der Waals surface area contributed by atoms with Crippen LogP contribution in [0.5, 0.6) is 0 Å². The number of benzene rings is 3. The van der Waals surface area contributed by atoms with Gasteiger partial charge in [-0.2, -0.15) is 0 Å². The van der Waals surface area contributed by atoms with E-state index < -0.39 is 131 Å². The number of hydrogen-bond acceptors (Lipinski definition) is 17. The topological polar surface area (TPSA) is 235 Å². The van der Waals surface area contributed by atoms with Gasteiger partial charge < -0.3 is 53.1 Å². The third-order valence-electron chi connectivity index (χ3n) is 14.8. The number of hydrogen-bond donors (Lipinski definition) is 2. The van der Waals surface area contributed by atoms with E-state index in [9.17, 15) is 29.1 Å². The fourth-order valence-corrected chi connectivity index (χ4v) is 11.3. The molecule has 3 aromatic rings. The third kappa shape index (κ3) is 10.6. The number of amides is 1. The molecule has 1 amide bonds. The van der Waals surface area contributed by atoms with Crippen LogP contribution < -0.4 is 5.32 Å². The number of carbonyl (C=O) groups excluding carboxylic acids is 7. The van der Waals surface area contributed by atoms with Crippen LogP contribution in [0.15, 0.2) is 102 Å². The Morgan fingerprint density at radius 1 is 0.824 bits per heavy atom. The lowest BCUT2D eigenvalue weighted by molar-refractivity contribution is -0.346. The summed E-state index contributed by atoms with van der Waals surface area (Å²) in [6, 6.07) is 23.6. The average molecular weight is 1030 g/mol. The second kappa shape index (κ2) is 21.4. The summed E-state index contributed by atoms with van der Waals surface area (Å²) in [4.78, 5) is 101. The van der Waals surface area contributed by atoms with Crippen molar-refractivity contribution in [1.82, 2.24) is 5.32 Å². The van der Waals surface area contributed by atoms with Crippen molar-refractivity contribution in [3.63, 3.8) is 0 Å². The third-order valence-corrected chi connectivity index (χ3v) is 14.8. The van der Waals surface area contributed by atoms with Gasteiger partial charge in [-0.3, -0.25) is 19.2 Å². The van der Waals surface area contributed by atoms with E-state index in [1.54, 1.807) is 134 Å². The number of aliphatic hydroxyl groups is 1. The van der Waals surface area contributed by atoms with Crippen LogP contribution in [0.25, 0.3) is 0 Å². The zero-order chi connectivity index (χ0) is 54.1. The highest BCUT2D eigenvalue weighted by atomic mass is 16.7. The lowest BCUT2D eigenvalue weighted by Crippen LogP contribution is -2.82. The fraction of sp³-hybridized carbons (Fsp3) is 0.518. The summed E-state index contributed by atoms with van der Waals surface area (Å²) < 4.78 is 55.3. The molecule has 2 saturated carbocycles. The largest absolute Gasteiger partial charge is 0.509 e. The Morgan fingerprint density at radius 2 is 1.42 bits per heavy atom.